The van der Waals surface area contributed by atoms with Gasteiger partial charge in [-0.15, -0.1) is 0 Å². The molecule has 0 aromatic heterocycles. The Morgan fingerprint density at radius 2 is 1.72 bits per heavy atom. The van der Waals surface area contributed by atoms with Crippen LogP contribution in [0.2, 0.25) is 0 Å². The Morgan fingerprint density at radius 1 is 1.08 bits per heavy atom. The molecule has 25 heavy (non-hydrogen) atoms. The van der Waals surface area contributed by atoms with E-state index in [0.29, 0.717) is 11.5 Å². The van der Waals surface area contributed by atoms with E-state index in [0.717, 1.165) is 13.1 Å². The molecule has 5 heteroatoms. The van der Waals surface area contributed by atoms with Gasteiger partial charge < -0.3 is 20.0 Å². The Kier molecular flexibility index (Phi) is 9.98. The van der Waals surface area contributed by atoms with Crippen molar-refractivity contribution in [1.29, 1.82) is 0 Å². The van der Waals surface area contributed by atoms with Crippen molar-refractivity contribution in [2.75, 3.05) is 60.4 Å². The summed E-state index contributed by atoms with van der Waals surface area (Å²) in [5.41, 5.74) is 0.421. The number of amides is 1. The summed E-state index contributed by atoms with van der Waals surface area (Å²) in [5.74, 6) is 0.136. The third-order valence-electron chi connectivity index (χ3n) is 5.84. The molecule has 5 nitrogen and oxygen atoms in total. The van der Waals surface area contributed by atoms with Crippen LogP contribution in [0, 0.1) is 5.41 Å². The van der Waals surface area contributed by atoms with Gasteiger partial charge in [-0.3, -0.25) is 4.79 Å². The summed E-state index contributed by atoms with van der Waals surface area (Å²) in [4.78, 5) is 18.6. The smallest absolute Gasteiger partial charge is 0.217 e. The van der Waals surface area contributed by atoms with Crippen molar-refractivity contribution >= 4 is 5.91 Å². The number of carbonyl (C=O) groups is 1. The molecule has 1 N–H and O–H groups in total. The summed E-state index contributed by atoms with van der Waals surface area (Å²) in [6.45, 7) is 12.7. The van der Waals surface area contributed by atoms with Crippen LogP contribution in [0.25, 0.3) is 0 Å². The molecular formula is C20H42N4O. The summed E-state index contributed by atoms with van der Waals surface area (Å²) in [7, 11) is 6.49. The van der Waals surface area contributed by atoms with E-state index in [1.54, 1.807) is 6.92 Å². The minimum atomic E-state index is 0.136. The van der Waals surface area contributed by atoms with E-state index in [2.05, 4.69) is 41.2 Å². The zero-order valence-electron chi connectivity index (χ0n) is 17.6. The van der Waals surface area contributed by atoms with Crippen LogP contribution < -0.4 is 5.32 Å². The number of hydrogen-bond acceptors (Lipinski definition) is 4. The van der Waals surface area contributed by atoms with Crippen LogP contribution in [-0.2, 0) is 4.79 Å². The van der Waals surface area contributed by atoms with Gasteiger partial charge in [0.15, 0.2) is 0 Å². The maximum atomic E-state index is 11.3. The number of likely N-dealkylation sites (tertiary alicyclic amines) is 1. The summed E-state index contributed by atoms with van der Waals surface area (Å²) >= 11 is 0. The van der Waals surface area contributed by atoms with E-state index in [1.807, 2.05) is 13.8 Å². The predicted octanol–water partition coefficient (Wildman–Crippen LogP) is 2.28. The molecule has 1 atom stereocenters. The van der Waals surface area contributed by atoms with Gasteiger partial charge in [-0.05, 0) is 84.8 Å². The summed E-state index contributed by atoms with van der Waals surface area (Å²) in [6, 6.07) is 0.444. The largest absolute Gasteiger partial charge is 0.353 e. The van der Waals surface area contributed by atoms with Crippen LogP contribution in [0.5, 0.6) is 0 Å². The van der Waals surface area contributed by atoms with Gasteiger partial charge in [0, 0.05) is 26.1 Å². The number of piperidine rings is 1. The van der Waals surface area contributed by atoms with Gasteiger partial charge in [0.25, 0.3) is 0 Å². The lowest BCUT2D eigenvalue weighted by Crippen LogP contribution is -2.58. The van der Waals surface area contributed by atoms with E-state index in [4.69, 9.17) is 0 Å². The van der Waals surface area contributed by atoms with Crippen molar-refractivity contribution in [3.05, 3.63) is 0 Å². The summed E-state index contributed by atoms with van der Waals surface area (Å²) in [5, 5.41) is 3.17. The fourth-order valence-corrected chi connectivity index (χ4v) is 4.03. The molecule has 1 amide bonds. The molecule has 0 radical (unpaired) electrons. The molecule has 0 aromatic rings. The zero-order chi connectivity index (χ0) is 18.9. The van der Waals surface area contributed by atoms with Crippen LogP contribution in [0.4, 0.5) is 0 Å². The van der Waals surface area contributed by atoms with E-state index in [9.17, 15) is 4.79 Å². The number of rotatable bonds is 8. The van der Waals surface area contributed by atoms with Crippen LogP contribution in [0.1, 0.15) is 52.9 Å². The quantitative estimate of drug-likeness (QED) is 0.726. The van der Waals surface area contributed by atoms with Crippen molar-refractivity contribution in [3.63, 3.8) is 0 Å². The Bertz CT molecular complexity index is 378. The molecule has 1 aliphatic heterocycles. The first-order valence-corrected chi connectivity index (χ1v) is 10.2. The van der Waals surface area contributed by atoms with Gasteiger partial charge in [-0.1, -0.05) is 13.8 Å². The highest BCUT2D eigenvalue weighted by Crippen LogP contribution is 2.49. The first-order valence-electron chi connectivity index (χ1n) is 10.2. The summed E-state index contributed by atoms with van der Waals surface area (Å²) < 4.78 is 0. The van der Waals surface area contributed by atoms with Crippen LogP contribution >= 0.6 is 0 Å². The lowest BCUT2D eigenvalue weighted by Gasteiger charge is -2.54. The second kappa shape index (κ2) is 11.1. The molecule has 0 bridgehead atoms. The Labute approximate surface area is 156 Å². The highest BCUT2D eigenvalue weighted by molar-refractivity contribution is 5.73. The normalized spacial score (nSPS) is 22.5. The summed E-state index contributed by atoms with van der Waals surface area (Å²) in [6.07, 6.45) is 6.25. The average Bonchev–Trinajstić information content (AvgIpc) is 2.59. The molecule has 0 aromatic carbocycles. The first-order chi connectivity index (χ1) is 11.9. The van der Waals surface area contributed by atoms with E-state index >= 15 is 0 Å². The maximum absolute atomic E-state index is 11.3. The number of hydrogen-bond donors (Lipinski definition) is 1. The fraction of sp³-hybridized carbons (Fsp3) is 0.950. The third-order valence-corrected chi connectivity index (χ3v) is 5.84. The van der Waals surface area contributed by atoms with E-state index in [-0.39, 0.29) is 5.91 Å². The predicted molar refractivity (Wildman–Crippen MR) is 107 cm³/mol. The lowest BCUT2D eigenvalue weighted by atomic mass is 9.59. The van der Waals surface area contributed by atoms with Gasteiger partial charge >= 0.3 is 0 Å². The van der Waals surface area contributed by atoms with Crippen molar-refractivity contribution < 1.29 is 4.79 Å². The molecule has 1 spiro atoms. The second-order valence-corrected chi connectivity index (χ2v) is 7.96. The van der Waals surface area contributed by atoms with Crippen LogP contribution in [0.3, 0.4) is 0 Å². The van der Waals surface area contributed by atoms with Gasteiger partial charge in [-0.25, -0.2) is 0 Å². The molecule has 2 fully saturated rings. The molecule has 1 heterocycles. The highest BCUT2D eigenvalue weighted by atomic mass is 16.1. The zero-order valence-corrected chi connectivity index (χ0v) is 17.6. The van der Waals surface area contributed by atoms with Crippen molar-refractivity contribution in [2.45, 2.75) is 58.9 Å². The number of nitrogens with zero attached hydrogens (tertiary/aromatic N) is 3. The molecule has 1 saturated heterocycles. The Balaban J connectivity index is 0.00000151. The van der Waals surface area contributed by atoms with E-state index < -0.39 is 0 Å². The number of carbonyl (C=O) groups excluding carboxylic acids is 1. The molecule has 2 rings (SSSR count). The Hall–Kier alpha value is -0.650. The topological polar surface area (TPSA) is 38.8 Å². The molecule has 1 unspecified atom stereocenters. The van der Waals surface area contributed by atoms with E-state index in [1.165, 1.54) is 58.3 Å². The fourth-order valence-electron chi connectivity index (χ4n) is 4.03. The second-order valence-electron chi connectivity index (χ2n) is 7.96. The molecule has 148 valence electrons. The van der Waals surface area contributed by atoms with Crippen LogP contribution in [-0.4, -0.2) is 87.1 Å². The van der Waals surface area contributed by atoms with Crippen molar-refractivity contribution in [2.24, 2.45) is 5.41 Å². The molecule has 1 saturated carbocycles. The van der Waals surface area contributed by atoms with Gasteiger partial charge in [0.1, 0.15) is 0 Å². The third kappa shape index (κ3) is 7.24. The van der Waals surface area contributed by atoms with Crippen molar-refractivity contribution in [1.82, 2.24) is 20.0 Å². The molecule has 2 aliphatic rings. The minimum Gasteiger partial charge on any atom is -0.353 e. The molecular weight excluding hydrogens is 312 g/mol. The SMILES string of the molecule is CC.CC(=O)NC1CCC12CCN(CCCN(C)CCN(C)C)CC2. The lowest BCUT2D eigenvalue weighted by molar-refractivity contribution is -0.123. The van der Waals surface area contributed by atoms with Crippen LogP contribution in [0.15, 0.2) is 0 Å². The monoisotopic (exact) mass is 354 g/mol. The van der Waals surface area contributed by atoms with Gasteiger partial charge in [0.2, 0.25) is 5.91 Å². The number of likely N-dealkylation sites (N-methyl/N-ethyl adjacent to an activating group) is 2. The van der Waals surface area contributed by atoms with Gasteiger partial charge in [-0.2, -0.15) is 0 Å². The average molecular weight is 355 g/mol. The van der Waals surface area contributed by atoms with Gasteiger partial charge in [0.05, 0.1) is 0 Å². The number of nitrogens with one attached hydrogen (secondary N) is 1. The maximum Gasteiger partial charge on any atom is 0.217 e. The standard InChI is InChI=1S/C18H36N4O.C2H6/c1-16(23)19-17-6-7-18(17)8-12-22(13-9-18)11-5-10-21(4)15-14-20(2)3;1-2/h17H,5-15H2,1-4H3,(H,19,23);1-2H3. The first kappa shape index (κ1) is 22.4. The van der Waals surface area contributed by atoms with Crippen molar-refractivity contribution in [3.8, 4) is 0 Å². The highest BCUT2D eigenvalue weighted by Gasteiger charge is 2.48. The minimum absolute atomic E-state index is 0.136. The molecule has 1 aliphatic carbocycles. The Morgan fingerprint density at radius 3 is 2.20 bits per heavy atom.